The fourth-order valence-electron chi connectivity index (χ4n) is 1.80. The third-order valence-electron chi connectivity index (χ3n) is 2.81. The quantitative estimate of drug-likeness (QED) is 0.849. The first kappa shape index (κ1) is 12.2. The summed E-state index contributed by atoms with van der Waals surface area (Å²) in [6, 6.07) is 11.0. The molecule has 1 heterocycles. The van der Waals surface area contributed by atoms with Gasteiger partial charge in [0, 0.05) is 11.3 Å². The molecule has 1 aromatic heterocycles. The maximum absolute atomic E-state index is 11.0. The number of carbonyl (C=O) groups excluding carboxylic acids is 1. The van der Waals surface area contributed by atoms with E-state index < -0.39 is 5.91 Å². The Kier molecular flexibility index (Phi) is 3.67. The van der Waals surface area contributed by atoms with Crippen molar-refractivity contribution >= 4 is 11.6 Å². The van der Waals surface area contributed by atoms with E-state index in [0.717, 1.165) is 17.9 Å². The highest BCUT2D eigenvalue weighted by Gasteiger charge is 2.11. The van der Waals surface area contributed by atoms with Crippen LogP contribution in [0.25, 0.3) is 0 Å². The van der Waals surface area contributed by atoms with Gasteiger partial charge in [-0.25, -0.2) is 0 Å². The smallest absolute Gasteiger partial charge is 0.248 e. The lowest BCUT2D eigenvalue weighted by Gasteiger charge is -2.16. The lowest BCUT2D eigenvalue weighted by Crippen LogP contribution is -2.11. The van der Waals surface area contributed by atoms with Crippen LogP contribution in [0, 0.1) is 0 Å². The van der Waals surface area contributed by atoms with Gasteiger partial charge >= 0.3 is 0 Å². The Morgan fingerprint density at radius 1 is 1.33 bits per heavy atom. The molecule has 1 atom stereocenters. The molecule has 1 unspecified atom stereocenters. The summed E-state index contributed by atoms with van der Waals surface area (Å²) < 4.78 is 5.38. The summed E-state index contributed by atoms with van der Waals surface area (Å²) >= 11 is 0. The standard InChI is InChI=1S/C14H16N2O2/c1-2-12(13-4-3-9-18-13)16-11-7-5-10(6-8-11)14(15)17/h3-9,12,16H,2H2,1H3,(H2,15,17). The monoisotopic (exact) mass is 244 g/mol. The number of nitrogens with two attached hydrogens (primary N) is 1. The van der Waals surface area contributed by atoms with Gasteiger partial charge in [0.05, 0.1) is 12.3 Å². The number of amides is 1. The summed E-state index contributed by atoms with van der Waals surface area (Å²) in [4.78, 5) is 11.0. The largest absolute Gasteiger partial charge is 0.467 e. The maximum Gasteiger partial charge on any atom is 0.248 e. The first-order valence-corrected chi connectivity index (χ1v) is 5.90. The molecule has 94 valence electrons. The second-order valence-electron chi connectivity index (χ2n) is 4.06. The number of hydrogen-bond acceptors (Lipinski definition) is 3. The van der Waals surface area contributed by atoms with Crippen LogP contribution in [0.5, 0.6) is 0 Å². The van der Waals surface area contributed by atoms with Crippen LogP contribution in [0.1, 0.15) is 35.5 Å². The molecule has 0 fully saturated rings. The van der Waals surface area contributed by atoms with E-state index in [0.29, 0.717) is 5.56 Å². The SMILES string of the molecule is CCC(Nc1ccc(C(N)=O)cc1)c1ccco1. The van der Waals surface area contributed by atoms with Crippen molar-refractivity contribution in [2.24, 2.45) is 5.73 Å². The van der Waals surface area contributed by atoms with Gasteiger partial charge < -0.3 is 15.5 Å². The van der Waals surface area contributed by atoms with Crippen LogP contribution >= 0.6 is 0 Å². The van der Waals surface area contributed by atoms with E-state index >= 15 is 0 Å². The second kappa shape index (κ2) is 5.40. The number of hydrogen-bond donors (Lipinski definition) is 2. The number of benzene rings is 1. The predicted molar refractivity (Wildman–Crippen MR) is 70.3 cm³/mol. The van der Waals surface area contributed by atoms with Gasteiger partial charge in [-0.2, -0.15) is 0 Å². The molecule has 0 spiro atoms. The minimum absolute atomic E-state index is 0.124. The highest BCUT2D eigenvalue weighted by molar-refractivity contribution is 5.93. The van der Waals surface area contributed by atoms with Crippen LogP contribution in [0.4, 0.5) is 5.69 Å². The number of carbonyl (C=O) groups is 1. The van der Waals surface area contributed by atoms with Crippen molar-refractivity contribution in [3.05, 3.63) is 54.0 Å². The van der Waals surface area contributed by atoms with E-state index in [-0.39, 0.29) is 6.04 Å². The molecule has 0 aliphatic heterocycles. The highest BCUT2D eigenvalue weighted by Crippen LogP contribution is 2.22. The molecule has 0 aliphatic rings. The zero-order valence-electron chi connectivity index (χ0n) is 10.2. The molecule has 0 bridgehead atoms. The number of nitrogens with one attached hydrogen (secondary N) is 1. The van der Waals surface area contributed by atoms with Crippen molar-refractivity contribution in [2.45, 2.75) is 19.4 Å². The Morgan fingerprint density at radius 3 is 2.56 bits per heavy atom. The minimum atomic E-state index is -0.417. The van der Waals surface area contributed by atoms with Crippen molar-refractivity contribution in [1.82, 2.24) is 0 Å². The number of rotatable bonds is 5. The Balaban J connectivity index is 2.10. The molecule has 2 aromatic rings. The Hall–Kier alpha value is -2.23. The van der Waals surface area contributed by atoms with E-state index in [9.17, 15) is 4.79 Å². The zero-order chi connectivity index (χ0) is 13.0. The second-order valence-corrected chi connectivity index (χ2v) is 4.06. The first-order valence-electron chi connectivity index (χ1n) is 5.90. The van der Waals surface area contributed by atoms with Crippen LogP contribution in [0.15, 0.2) is 47.1 Å². The van der Waals surface area contributed by atoms with Crippen LogP contribution in [0.2, 0.25) is 0 Å². The van der Waals surface area contributed by atoms with Crippen molar-refractivity contribution in [1.29, 1.82) is 0 Å². The molecule has 4 nitrogen and oxygen atoms in total. The third kappa shape index (κ3) is 2.71. The van der Waals surface area contributed by atoms with Gasteiger partial charge in [0.2, 0.25) is 5.91 Å². The summed E-state index contributed by atoms with van der Waals surface area (Å²) in [5.74, 6) is 0.483. The topological polar surface area (TPSA) is 68.3 Å². The van der Waals surface area contributed by atoms with Crippen molar-refractivity contribution in [2.75, 3.05) is 5.32 Å². The van der Waals surface area contributed by atoms with E-state index in [1.165, 1.54) is 0 Å². The Labute approximate surface area is 106 Å². The van der Waals surface area contributed by atoms with Crippen molar-refractivity contribution in [3.8, 4) is 0 Å². The Bertz CT molecular complexity index is 503. The molecule has 3 N–H and O–H groups in total. The lowest BCUT2D eigenvalue weighted by molar-refractivity contribution is 0.100. The zero-order valence-corrected chi connectivity index (χ0v) is 10.2. The molecule has 0 aliphatic carbocycles. The number of furan rings is 1. The third-order valence-corrected chi connectivity index (χ3v) is 2.81. The van der Waals surface area contributed by atoms with Crippen LogP contribution in [0.3, 0.4) is 0 Å². The maximum atomic E-state index is 11.0. The molecule has 0 saturated heterocycles. The Morgan fingerprint density at radius 2 is 2.06 bits per heavy atom. The molecule has 18 heavy (non-hydrogen) atoms. The fourth-order valence-corrected chi connectivity index (χ4v) is 1.80. The number of primary amides is 1. The van der Waals surface area contributed by atoms with E-state index in [1.807, 2.05) is 24.3 Å². The summed E-state index contributed by atoms with van der Waals surface area (Å²) in [5.41, 5.74) is 6.63. The molecular weight excluding hydrogens is 228 g/mol. The van der Waals surface area contributed by atoms with E-state index in [4.69, 9.17) is 10.2 Å². The molecule has 1 amide bonds. The van der Waals surface area contributed by atoms with Gasteiger partial charge in [0.15, 0.2) is 0 Å². The van der Waals surface area contributed by atoms with E-state index in [1.54, 1.807) is 18.4 Å². The molecule has 1 aromatic carbocycles. The van der Waals surface area contributed by atoms with Gasteiger partial charge in [-0.15, -0.1) is 0 Å². The minimum Gasteiger partial charge on any atom is -0.467 e. The van der Waals surface area contributed by atoms with Crippen LogP contribution in [-0.4, -0.2) is 5.91 Å². The highest BCUT2D eigenvalue weighted by atomic mass is 16.3. The first-order chi connectivity index (χ1) is 8.70. The van der Waals surface area contributed by atoms with Crippen LogP contribution < -0.4 is 11.1 Å². The van der Waals surface area contributed by atoms with Crippen molar-refractivity contribution in [3.63, 3.8) is 0 Å². The van der Waals surface area contributed by atoms with Gasteiger partial charge in [0.25, 0.3) is 0 Å². The summed E-state index contributed by atoms with van der Waals surface area (Å²) in [7, 11) is 0. The van der Waals surface area contributed by atoms with Gasteiger partial charge in [-0.3, -0.25) is 4.79 Å². The van der Waals surface area contributed by atoms with Gasteiger partial charge in [0.1, 0.15) is 5.76 Å². The average molecular weight is 244 g/mol. The number of anilines is 1. The molecular formula is C14H16N2O2. The molecule has 0 saturated carbocycles. The van der Waals surface area contributed by atoms with Gasteiger partial charge in [-0.05, 0) is 42.8 Å². The molecule has 0 radical (unpaired) electrons. The van der Waals surface area contributed by atoms with Crippen molar-refractivity contribution < 1.29 is 9.21 Å². The van der Waals surface area contributed by atoms with Crippen LogP contribution in [-0.2, 0) is 0 Å². The fraction of sp³-hybridized carbons (Fsp3) is 0.214. The molecule has 2 rings (SSSR count). The summed E-state index contributed by atoms with van der Waals surface area (Å²) in [6.45, 7) is 2.08. The lowest BCUT2D eigenvalue weighted by atomic mass is 10.1. The normalized spacial score (nSPS) is 12.1. The molecule has 4 heteroatoms. The average Bonchev–Trinajstić information content (AvgIpc) is 2.90. The summed E-state index contributed by atoms with van der Waals surface area (Å²) in [5, 5.41) is 3.35. The predicted octanol–water partition coefficient (Wildman–Crippen LogP) is 2.94. The van der Waals surface area contributed by atoms with Gasteiger partial charge in [-0.1, -0.05) is 6.92 Å². The summed E-state index contributed by atoms with van der Waals surface area (Å²) in [6.07, 6.45) is 2.57. The van der Waals surface area contributed by atoms with E-state index in [2.05, 4.69) is 12.2 Å².